The van der Waals surface area contributed by atoms with Gasteiger partial charge in [-0.1, -0.05) is 12.1 Å². The number of esters is 1. The van der Waals surface area contributed by atoms with Crippen LogP contribution in [0.3, 0.4) is 0 Å². The quantitative estimate of drug-likeness (QED) is 0.772. The molecule has 4 bridgehead atoms. The van der Waals surface area contributed by atoms with Gasteiger partial charge in [-0.2, -0.15) is 0 Å². The fourth-order valence-corrected chi connectivity index (χ4v) is 5.64. The zero-order chi connectivity index (χ0) is 14.4. The van der Waals surface area contributed by atoms with Crippen LogP contribution in [0.25, 0.3) is 0 Å². The molecule has 0 amide bonds. The molecule has 4 fully saturated rings. The van der Waals surface area contributed by atoms with E-state index in [9.17, 15) is 4.79 Å². The third-order valence-corrected chi connectivity index (χ3v) is 6.05. The van der Waals surface area contributed by atoms with Gasteiger partial charge in [0.05, 0.1) is 12.2 Å². The highest BCUT2D eigenvalue weighted by Gasteiger charge is 2.51. The van der Waals surface area contributed by atoms with Crippen LogP contribution in [0.15, 0.2) is 24.3 Å². The van der Waals surface area contributed by atoms with E-state index in [2.05, 4.69) is 12.1 Å². The monoisotopic (exact) mass is 284 g/mol. The lowest BCUT2D eigenvalue weighted by atomic mass is 9.48. The van der Waals surface area contributed by atoms with Gasteiger partial charge in [-0.15, -0.1) is 0 Å². The average molecular weight is 284 g/mol. The third-order valence-electron chi connectivity index (χ3n) is 6.05. The summed E-state index contributed by atoms with van der Waals surface area (Å²) in [6, 6.07) is 8.32. The molecule has 2 heteroatoms. The second kappa shape index (κ2) is 4.86. The Labute approximate surface area is 126 Å². The van der Waals surface area contributed by atoms with Gasteiger partial charge in [0.1, 0.15) is 0 Å². The van der Waals surface area contributed by atoms with Gasteiger partial charge in [0.2, 0.25) is 0 Å². The highest BCUT2D eigenvalue weighted by atomic mass is 16.5. The summed E-state index contributed by atoms with van der Waals surface area (Å²) in [5.74, 6) is 2.68. The standard InChI is InChI=1S/C19H24O2/c1-2-21-18(20)16-3-5-17(6-4-16)19-10-13-7-14(11-19)9-15(8-13)12-19/h3-6,13-15H,2,7-12H2,1H3. The smallest absolute Gasteiger partial charge is 0.338 e. The van der Waals surface area contributed by atoms with Crippen molar-refractivity contribution in [3.63, 3.8) is 0 Å². The van der Waals surface area contributed by atoms with Crippen LogP contribution in [0.2, 0.25) is 0 Å². The second-order valence-electron chi connectivity index (χ2n) is 7.50. The Kier molecular flexibility index (Phi) is 3.09. The number of carbonyl (C=O) groups is 1. The van der Waals surface area contributed by atoms with Crippen molar-refractivity contribution in [3.8, 4) is 0 Å². The highest BCUT2D eigenvalue weighted by molar-refractivity contribution is 5.89. The van der Waals surface area contributed by atoms with E-state index < -0.39 is 0 Å². The Bertz CT molecular complexity index is 508. The van der Waals surface area contributed by atoms with Crippen molar-refractivity contribution in [2.45, 2.75) is 50.9 Å². The van der Waals surface area contributed by atoms with Crippen LogP contribution in [-0.4, -0.2) is 12.6 Å². The summed E-state index contributed by atoms with van der Waals surface area (Å²) in [6.07, 6.45) is 8.54. The largest absolute Gasteiger partial charge is 0.462 e. The summed E-state index contributed by atoms with van der Waals surface area (Å²) in [5.41, 5.74) is 2.57. The van der Waals surface area contributed by atoms with Crippen LogP contribution in [0, 0.1) is 17.8 Å². The molecule has 0 unspecified atom stereocenters. The van der Waals surface area contributed by atoms with Crippen LogP contribution >= 0.6 is 0 Å². The Morgan fingerprint density at radius 3 is 2.05 bits per heavy atom. The molecule has 0 spiro atoms. The molecule has 4 aliphatic rings. The Morgan fingerprint density at radius 2 is 1.57 bits per heavy atom. The Balaban J connectivity index is 1.60. The summed E-state index contributed by atoms with van der Waals surface area (Å²) in [7, 11) is 0. The van der Waals surface area contributed by atoms with Crippen molar-refractivity contribution in [2.75, 3.05) is 6.61 Å². The molecular formula is C19H24O2. The van der Waals surface area contributed by atoms with E-state index in [0.29, 0.717) is 17.6 Å². The topological polar surface area (TPSA) is 26.3 Å². The minimum Gasteiger partial charge on any atom is -0.462 e. The predicted molar refractivity (Wildman–Crippen MR) is 82.2 cm³/mol. The van der Waals surface area contributed by atoms with E-state index in [1.165, 1.54) is 44.1 Å². The summed E-state index contributed by atoms with van der Waals surface area (Å²) < 4.78 is 5.08. The van der Waals surface area contributed by atoms with Crippen molar-refractivity contribution >= 4 is 5.97 Å². The van der Waals surface area contributed by atoms with Gasteiger partial charge in [0.25, 0.3) is 0 Å². The maximum atomic E-state index is 11.8. The van der Waals surface area contributed by atoms with Crippen LogP contribution in [0.5, 0.6) is 0 Å². The highest BCUT2D eigenvalue weighted by Crippen LogP contribution is 2.60. The third kappa shape index (κ3) is 2.20. The van der Waals surface area contributed by atoms with Crippen LogP contribution in [0.1, 0.15) is 61.4 Å². The van der Waals surface area contributed by atoms with Crippen molar-refractivity contribution in [1.29, 1.82) is 0 Å². The van der Waals surface area contributed by atoms with E-state index in [-0.39, 0.29) is 5.97 Å². The molecule has 0 atom stereocenters. The van der Waals surface area contributed by atoms with Gasteiger partial charge in [0, 0.05) is 0 Å². The fourth-order valence-electron chi connectivity index (χ4n) is 5.64. The zero-order valence-electron chi connectivity index (χ0n) is 12.8. The molecule has 0 aromatic heterocycles. The molecule has 1 aromatic carbocycles. The first-order valence-electron chi connectivity index (χ1n) is 8.46. The second-order valence-corrected chi connectivity index (χ2v) is 7.50. The molecule has 0 heterocycles. The lowest BCUT2D eigenvalue weighted by Crippen LogP contribution is -2.48. The molecule has 0 radical (unpaired) electrons. The Morgan fingerprint density at radius 1 is 1.05 bits per heavy atom. The van der Waals surface area contributed by atoms with Crippen LogP contribution in [-0.2, 0) is 10.2 Å². The molecule has 0 N–H and O–H groups in total. The normalized spacial score (nSPS) is 36.7. The van der Waals surface area contributed by atoms with Gasteiger partial charge in [0.15, 0.2) is 0 Å². The van der Waals surface area contributed by atoms with Gasteiger partial charge in [-0.25, -0.2) is 4.79 Å². The van der Waals surface area contributed by atoms with Crippen molar-refractivity contribution in [3.05, 3.63) is 35.4 Å². The van der Waals surface area contributed by atoms with E-state index in [4.69, 9.17) is 4.74 Å². The first-order valence-corrected chi connectivity index (χ1v) is 8.46. The maximum absolute atomic E-state index is 11.8. The zero-order valence-corrected chi connectivity index (χ0v) is 12.8. The van der Waals surface area contributed by atoms with Crippen LogP contribution in [0.4, 0.5) is 0 Å². The number of rotatable bonds is 3. The summed E-state index contributed by atoms with van der Waals surface area (Å²) in [5, 5.41) is 0. The lowest BCUT2D eigenvalue weighted by molar-refractivity contribution is -0.00521. The summed E-state index contributed by atoms with van der Waals surface area (Å²) in [6.45, 7) is 2.29. The molecule has 5 rings (SSSR count). The van der Waals surface area contributed by atoms with Crippen molar-refractivity contribution in [2.24, 2.45) is 17.8 Å². The maximum Gasteiger partial charge on any atom is 0.338 e. The van der Waals surface area contributed by atoms with E-state index >= 15 is 0 Å². The number of benzene rings is 1. The molecule has 4 aliphatic carbocycles. The molecule has 4 saturated carbocycles. The predicted octanol–water partition coefficient (Wildman–Crippen LogP) is 4.33. The molecule has 0 saturated heterocycles. The number of ether oxygens (including phenoxy) is 1. The van der Waals surface area contributed by atoms with Gasteiger partial charge in [-0.3, -0.25) is 0 Å². The molecule has 112 valence electrons. The minimum absolute atomic E-state index is 0.199. The van der Waals surface area contributed by atoms with Crippen molar-refractivity contribution < 1.29 is 9.53 Å². The van der Waals surface area contributed by atoms with Crippen molar-refractivity contribution in [1.82, 2.24) is 0 Å². The molecular weight excluding hydrogens is 260 g/mol. The van der Waals surface area contributed by atoms with E-state index in [0.717, 1.165) is 17.8 Å². The fraction of sp³-hybridized carbons (Fsp3) is 0.632. The average Bonchev–Trinajstić information content (AvgIpc) is 2.46. The number of hydrogen-bond donors (Lipinski definition) is 0. The molecule has 0 aliphatic heterocycles. The van der Waals surface area contributed by atoms with E-state index in [1.807, 2.05) is 19.1 Å². The first-order chi connectivity index (χ1) is 10.2. The summed E-state index contributed by atoms with van der Waals surface area (Å²) in [4.78, 5) is 11.8. The lowest BCUT2D eigenvalue weighted by Gasteiger charge is -2.57. The molecule has 2 nitrogen and oxygen atoms in total. The SMILES string of the molecule is CCOC(=O)c1ccc(C23CC4CC(CC(C4)C2)C3)cc1. The number of carbonyl (C=O) groups excluding carboxylic acids is 1. The van der Waals surface area contributed by atoms with Gasteiger partial charge < -0.3 is 4.74 Å². The minimum atomic E-state index is -0.199. The first kappa shape index (κ1) is 13.4. The Hall–Kier alpha value is -1.31. The van der Waals surface area contributed by atoms with Gasteiger partial charge >= 0.3 is 5.97 Å². The van der Waals surface area contributed by atoms with E-state index in [1.54, 1.807) is 0 Å². The molecule has 1 aromatic rings. The van der Waals surface area contributed by atoms with Gasteiger partial charge in [-0.05, 0) is 86.3 Å². The summed E-state index contributed by atoms with van der Waals surface area (Å²) >= 11 is 0. The number of hydrogen-bond acceptors (Lipinski definition) is 2. The van der Waals surface area contributed by atoms with Crippen LogP contribution < -0.4 is 0 Å². The molecule has 21 heavy (non-hydrogen) atoms.